The fourth-order valence-corrected chi connectivity index (χ4v) is 4.15. The molecule has 0 aliphatic heterocycles. The van der Waals surface area contributed by atoms with E-state index in [1.807, 2.05) is 0 Å². The Hall–Kier alpha value is 0. The summed E-state index contributed by atoms with van der Waals surface area (Å²) < 4.78 is 0. The largest absolute Gasteiger partial charge is 0.0622 e. The van der Waals surface area contributed by atoms with Gasteiger partial charge in [0.2, 0.25) is 0 Å². The van der Waals surface area contributed by atoms with Crippen molar-refractivity contribution in [3.8, 4) is 0 Å². The van der Waals surface area contributed by atoms with E-state index in [4.69, 9.17) is 0 Å². The van der Waals surface area contributed by atoms with E-state index in [1.165, 1.54) is 23.7 Å². The lowest BCUT2D eigenvalue weighted by Gasteiger charge is -2.58. The zero-order valence-corrected chi connectivity index (χ0v) is 7.59. The molecule has 0 amide bonds. The van der Waals surface area contributed by atoms with E-state index in [9.17, 15) is 0 Å². The molecule has 3 fully saturated rings. The van der Waals surface area contributed by atoms with Crippen LogP contribution < -0.4 is 0 Å². The highest BCUT2D eigenvalue weighted by Crippen LogP contribution is 2.67. The Morgan fingerprint density at radius 3 is 2.18 bits per heavy atom. The van der Waals surface area contributed by atoms with Gasteiger partial charge in [0.25, 0.3) is 0 Å². The van der Waals surface area contributed by atoms with Gasteiger partial charge >= 0.3 is 0 Å². The van der Waals surface area contributed by atoms with Gasteiger partial charge in [-0.3, -0.25) is 0 Å². The standard InChI is InChI=1S/C11H18/c1-6-5-10-8-3-4-9(8)11(10)7(6)2/h6-11H,3-5H2,1-2H3. The number of hydrogen-bond acceptors (Lipinski definition) is 0. The molecule has 0 saturated heterocycles. The van der Waals surface area contributed by atoms with Gasteiger partial charge in [-0.25, -0.2) is 0 Å². The fraction of sp³-hybridized carbons (Fsp3) is 1.00. The quantitative estimate of drug-likeness (QED) is 0.498. The Morgan fingerprint density at radius 2 is 1.64 bits per heavy atom. The summed E-state index contributed by atoms with van der Waals surface area (Å²) in [6.45, 7) is 4.95. The monoisotopic (exact) mass is 150 g/mol. The molecule has 3 saturated carbocycles. The molecule has 0 nitrogen and oxygen atoms in total. The molecule has 0 heterocycles. The van der Waals surface area contributed by atoms with Crippen molar-refractivity contribution in [1.29, 1.82) is 0 Å². The Balaban J connectivity index is 1.84. The van der Waals surface area contributed by atoms with Crippen LogP contribution >= 0.6 is 0 Å². The fourth-order valence-electron chi connectivity index (χ4n) is 4.15. The highest BCUT2D eigenvalue weighted by molar-refractivity contribution is 5.09. The van der Waals surface area contributed by atoms with E-state index >= 15 is 0 Å². The average Bonchev–Trinajstić information content (AvgIpc) is 2.13. The van der Waals surface area contributed by atoms with Crippen molar-refractivity contribution < 1.29 is 0 Å². The molecule has 3 rings (SSSR count). The minimum atomic E-state index is 1.04. The van der Waals surface area contributed by atoms with E-state index < -0.39 is 0 Å². The predicted molar refractivity (Wildman–Crippen MR) is 46.1 cm³/mol. The average molecular weight is 150 g/mol. The summed E-state index contributed by atoms with van der Waals surface area (Å²) in [7, 11) is 0. The van der Waals surface area contributed by atoms with Gasteiger partial charge in [-0.1, -0.05) is 13.8 Å². The van der Waals surface area contributed by atoms with Crippen molar-refractivity contribution in [2.45, 2.75) is 33.1 Å². The first-order valence-electron chi connectivity index (χ1n) is 5.29. The second-order valence-electron chi connectivity index (χ2n) is 5.22. The third-order valence-electron chi connectivity index (χ3n) is 5.07. The zero-order valence-electron chi connectivity index (χ0n) is 7.59. The molecule has 6 unspecified atom stereocenters. The molecule has 3 aliphatic carbocycles. The van der Waals surface area contributed by atoms with Gasteiger partial charge in [0.1, 0.15) is 0 Å². The van der Waals surface area contributed by atoms with Crippen molar-refractivity contribution in [3.63, 3.8) is 0 Å². The molecule has 0 aromatic carbocycles. The smallest absolute Gasteiger partial charge is 0.0323 e. The van der Waals surface area contributed by atoms with E-state index in [0.29, 0.717) is 0 Å². The van der Waals surface area contributed by atoms with Gasteiger partial charge < -0.3 is 0 Å². The maximum Gasteiger partial charge on any atom is -0.0323 e. The molecule has 0 heteroatoms. The van der Waals surface area contributed by atoms with E-state index in [0.717, 1.165) is 11.8 Å². The molecule has 11 heavy (non-hydrogen) atoms. The SMILES string of the molecule is CC1CC2C3CCC3C2C1C. The first-order valence-corrected chi connectivity index (χ1v) is 5.29. The lowest BCUT2D eigenvalue weighted by atomic mass is 9.47. The molecule has 0 spiro atoms. The van der Waals surface area contributed by atoms with Gasteiger partial charge in [0, 0.05) is 0 Å². The van der Waals surface area contributed by atoms with Crippen LogP contribution in [0.2, 0.25) is 0 Å². The Labute approximate surface area is 69.4 Å². The van der Waals surface area contributed by atoms with Gasteiger partial charge in [-0.2, -0.15) is 0 Å². The molecular formula is C11H18. The first-order chi connectivity index (χ1) is 5.29. The number of fused-ring (bicyclic) bond motifs is 4. The molecule has 0 radical (unpaired) electrons. The lowest BCUT2D eigenvalue weighted by Crippen LogP contribution is -2.52. The van der Waals surface area contributed by atoms with Gasteiger partial charge in [0.05, 0.1) is 0 Å². The maximum absolute atomic E-state index is 2.49. The number of hydrogen-bond donors (Lipinski definition) is 0. The highest BCUT2D eigenvalue weighted by Gasteiger charge is 2.60. The van der Waals surface area contributed by atoms with Crippen LogP contribution in [0.4, 0.5) is 0 Å². The third-order valence-corrected chi connectivity index (χ3v) is 5.07. The normalized spacial score (nSPS) is 66.0. The summed E-state index contributed by atoms with van der Waals surface area (Å²) in [6, 6.07) is 0. The molecule has 3 aliphatic rings. The minimum Gasteiger partial charge on any atom is -0.0622 e. The topological polar surface area (TPSA) is 0 Å². The lowest BCUT2D eigenvalue weighted by molar-refractivity contribution is -0.0971. The Kier molecular flexibility index (Phi) is 1.09. The molecule has 0 aromatic rings. The molecule has 0 N–H and O–H groups in total. The predicted octanol–water partition coefficient (Wildman–Crippen LogP) is 2.93. The Morgan fingerprint density at radius 1 is 0.909 bits per heavy atom. The Bertz CT molecular complexity index is 184. The summed E-state index contributed by atoms with van der Waals surface area (Å²) in [6.07, 6.45) is 4.71. The van der Waals surface area contributed by atoms with Crippen LogP contribution in [0.15, 0.2) is 0 Å². The van der Waals surface area contributed by atoms with Crippen molar-refractivity contribution in [1.82, 2.24) is 0 Å². The second kappa shape index (κ2) is 1.84. The minimum absolute atomic E-state index is 1.04. The van der Waals surface area contributed by atoms with Gasteiger partial charge in [0.15, 0.2) is 0 Å². The summed E-state index contributed by atoms with van der Waals surface area (Å²) in [5.74, 6) is 6.84. The second-order valence-corrected chi connectivity index (χ2v) is 5.22. The molecule has 62 valence electrons. The van der Waals surface area contributed by atoms with E-state index in [-0.39, 0.29) is 0 Å². The van der Waals surface area contributed by atoms with Crippen molar-refractivity contribution in [2.75, 3.05) is 0 Å². The van der Waals surface area contributed by atoms with Crippen LogP contribution in [0.5, 0.6) is 0 Å². The van der Waals surface area contributed by atoms with Crippen LogP contribution in [0.3, 0.4) is 0 Å². The van der Waals surface area contributed by atoms with E-state index in [2.05, 4.69) is 13.8 Å². The van der Waals surface area contributed by atoms with Crippen LogP contribution in [0, 0.1) is 35.5 Å². The van der Waals surface area contributed by atoms with Crippen LogP contribution in [0.25, 0.3) is 0 Å². The molecule has 0 bridgehead atoms. The van der Waals surface area contributed by atoms with Crippen molar-refractivity contribution in [2.24, 2.45) is 35.5 Å². The summed E-state index contributed by atoms with van der Waals surface area (Å²) in [5, 5.41) is 0. The molecular weight excluding hydrogens is 132 g/mol. The number of rotatable bonds is 0. The van der Waals surface area contributed by atoms with Crippen LogP contribution in [-0.2, 0) is 0 Å². The molecule has 6 atom stereocenters. The van der Waals surface area contributed by atoms with Gasteiger partial charge in [-0.05, 0) is 54.8 Å². The molecule has 0 aromatic heterocycles. The van der Waals surface area contributed by atoms with Crippen molar-refractivity contribution in [3.05, 3.63) is 0 Å². The third kappa shape index (κ3) is 0.588. The first kappa shape index (κ1) is 6.51. The summed E-state index contributed by atoms with van der Waals surface area (Å²) in [5.41, 5.74) is 0. The summed E-state index contributed by atoms with van der Waals surface area (Å²) >= 11 is 0. The summed E-state index contributed by atoms with van der Waals surface area (Å²) in [4.78, 5) is 0. The zero-order chi connectivity index (χ0) is 7.59. The highest BCUT2D eigenvalue weighted by atomic mass is 14.6. The van der Waals surface area contributed by atoms with Crippen molar-refractivity contribution >= 4 is 0 Å². The van der Waals surface area contributed by atoms with Crippen LogP contribution in [-0.4, -0.2) is 0 Å². The van der Waals surface area contributed by atoms with Crippen LogP contribution in [0.1, 0.15) is 33.1 Å². The maximum atomic E-state index is 2.49. The van der Waals surface area contributed by atoms with Gasteiger partial charge in [-0.15, -0.1) is 0 Å². The van der Waals surface area contributed by atoms with E-state index in [1.54, 1.807) is 19.3 Å².